The maximum atomic E-state index is 13.4. The van der Waals surface area contributed by atoms with E-state index in [1.807, 2.05) is 11.9 Å². The van der Waals surface area contributed by atoms with Crippen molar-refractivity contribution in [2.24, 2.45) is 0 Å². The molecule has 0 aliphatic carbocycles. The van der Waals surface area contributed by atoms with Crippen LogP contribution in [0.1, 0.15) is 5.56 Å². The molecule has 0 bridgehead atoms. The normalized spacial score (nSPS) is 16.1. The number of halogens is 1. The van der Waals surface area contributed by atoms with Gasteiger partial charge in [0.1, 0.15) is 11.6 Å². The highest BCUT2D eigenvalue weighted by Crippen LogP contribution is 2.34. The maximum absolute atomic E-state index is 13.4. The largest absolute Gasteiger partial charge is 0.450 e. The minimum absolute atomic E-state index is 0.117. The molecule has 2 aromatic carbocycles. The lowest BCUT2D eigenvalue weighted by Gasteiger charge is -2.31. The van der Waals surface area contributed by atoms with Gasteiger partial charge >= 0.3 is 5.69 Å². The molecule has 1 aliphatic rings. The number of piperazine rings is 1. The second-order valence-electron chi connectivity index (χ2n) is 6.61. The van der Waals surface area contributed by atoms with Gasteiger partial charge in [0.15, 0.2) is 0 Å². The third-order valence-corrected chi connectivity index (χ3v) is 6.48. The topological polar surface area (TPSA) is 93.0 Å². The average molecular weight is 409 g/mol. The van der Waals surface area contributed by atoms with Crippen LogP contribution in [0.3, 0.4) is 0 Å². The predicted octanol–water partition coefficient (Wildman–Crippen LogP) is 2.77. The van der Waals surface area contributed by atoms with Gasteiger partial charge in [-0.3, -0.25) is 10.1 Å². The lowest BCUT2D eigenvalue weighted by molar-refractivity contribution is -0.385. The van der Waals surface area contributed by atoms with E-state index in [1.165, 1.54) is 34.6 Å². The fourth-order valence-electron chi connectivity index (χ4n) is 2.87. The van der Waals surface area contributed by atoms with Crippen LogP contribution in [0.15, 0.2) is 41.3 Å². The van der Waals surface area contributed by atoms with E-state index in [0.29, 0.717) is 31.7 Å². The van der Waals surface area contributed by atoms with Gasteiger partial charge in [-0.05, 0) is 49.9 Å². The molecular weight excluding hydrogens is 389 g/mol. The van der Waals surface area contributed by atoms with Gasteiger partial charge < -0.3 is 9.64 Å². The Morgan fingerprint density at radius 3 is 2.39 bits per heavy atom. The van der Waals surface area contributed by atoms with E-state index >= 15 is 0 Å². The van der Waals surface area contributed by atoms with Gasteiger partial charge in [0.05, 0.1) is 9.82 Å². The quantitative estimate of drug-likeness (QED) is 0.557. The number of benzene rings is 2. The van der Waals surface area contributed by atoms with Crippen molar-refractivity contribution in [3.63, 3.8) is 0 Å². The van der Waals surface area contributed by atoms with Crippen molar-refractivity contribution in [1.29, 1.82) is 0 Å². The Kier molecular flexibility index (Phi) is 5.64. The van der Waals surface area contributed by atoms with E-state index in [4.69, 9.17) is 4.74 Å². The molecule has 8 nitrogen and oxygen atoms in total. The van der Waals surface area contributed by atoms with Crippen LogP contribution in [0.5, 0.6) is 11.5 Å². The summed E-state index contributed by atoms with van der Waals surface area (Å²) in [5.41, 5.74) is -0.147. The molecule has 3 rings (SSSR count). The van der Waals surface area contributed by atoms with Crippen molar-refractivity contribution in [2.45, 2.75) is 11.8 Å². The molecule has 10 heteroatoms. The molecule has 28 heavy (non-hydrogen) atoms. The van der Waals surface area contributed by atoms with E-state index in [-0.39, 0.29) is 16.4 Å². The number of hydrogen-bond acceptors (Lipinski definition) is 6. The van der Waals surface area contributed by atoms with Gasteiger partial charge in [-0.25, -0.2) is 12.8 Å². The molecule has 0 aromatic heterocycles. The highest BCUT2D eigenvalue weighted by Gasteiger charge is 2.30. The molecule has 0 unspecified atom stereocenters. The first-order valence-electron chi connectivity index (χ1n) is 8.59. The highest BCUT2D eigenvalue weighted by molar-refractivity contribution is 7.89. The molecule has 0 radical (unpaired) electrons. The van der Waals surface area contributed by atoms with E-state index < -0.39 is 26.5 Å². The Labute approximate surface area is 162 Å². The van der Waals surface area contributed by atoms with Gasteiger partial charge in [-0.2, -0.15) is 4.31 Å². The Hall–Kier alpha value is -2.56. The van der Waals surface area contributed by atoms with E-state index in [9.17, 15) is 22.9 Å². The number of ether oxygens (including phenoxy) is 1. The molecule has 0 amide bonds. The fourth-order valence-corrected chi connectivity index (χ4v) is 4.31. The highest BCUT2D eigenvalue weighted by atomic mass is 32.2. The van der Waals surface area contributed by atoms with E-state index in [2.05, 4.69) is 0 Å². The fraction of sp³-hybridized carbons (Fsp3) is 0.333. The van der Waals surface area contributed by atoms with Gasteiger partial charge in [0, 0.05) is 32.2 Å². The molecule has 0 saturated carbocycles. The van der Waals surface area contributed by atoms with Gasteiger partial charge in [-0.1, -0.05) is 0 Å². The second-order valence-corrected chi connectivity index (χ2v) is 8.54. The van der Waals surface area contributed by atoms with E-state index in [1.54, 1.807) is 6.92 Å². The molecule has 1 aliphatic heterocycles. The van der Waals surface area contributed by atoms with Crippen LogP contribution in [0.2, 0.25) is 0 Å². The number of rotatable bonds is 5. The number of likely N-dealkylation sites (N-methyl/N-ethyl adjacent to an activating group) is 1. The van der Waals surface area contributed by atoms with Crippen molar-refractivity contribution in [1.82, 2.24) is 9.21 Å². The third kappa shape index (κ3) is 4.13. The van der Waals surface area contributed by atoms with Crippen LogP contribution in [0.4, 0.5) is 10.1 Å². The Bertz CT molecular complexity index is 1000. The standard InChI is InChI=1S/C18H20FN3O5S/c1-13-11-14(3-5-16(13)19)27-18-6-4-15(12-17(18)22(23)24)28(25,26)21-9-7-20(2)8-10-21/h3-6,11-12H,7-10H2,1-2H3. The van der Waals surface area contributed by atoms with Crippen LogP contribution in [-0.4, -0.2) is 55.8 Å². The molecule has 1 fully saturated rings. The zero-order valence-corrected chi connectivity index (χ0v) is 16.3. The lowest BCUT2D eigenvalue weighted by atomic mass is 10.2. The molecule has 0 atom stereocenters. The van der Waals surface area contributed by atoms with Crippen molar-refractivity contribution >= 4 is 15.7 Å². The number of hydrogen-bond donors (Lipinski definition) is 0. The van der Waals surface area contributed by atoms with Crippen molar-refractivity contribution in [3.05, 3.63) is 57.9 Å². The number of aryl methyl sites for hydroxylation is 1. The summed E-state index contributed by atoms with van der Waals surface area (Å²) in [6.45, 7) is 3.36. The zero-order valence-electron chi connectivity index (χ0n) is 15.5. The first-order valence-corrected chi connectivity index (χ1v) is 10.0. The number of nitro groups is 1. The van der Waals surface area contributed by atoms with Crippen molar-refractivity contribution < 1.29 is 22.5 Å². The molecular formula is C18H20FN3O5S. The first kappa shape index (κ1) is 20.2. The lowest BCUT2D eigenvalue weighted by Crippen LogP contribution is -2.47. The number of nitro benzene ring substituents is 1. The van der Waals surface area contributed by atoms with Crippen LogP contribution < -0.4 is 4.74 Å². The van der Waals surface area contributed by atoms with Crippen LogP contribution in [0, 0.1) is 22.9 Å². The minimum Gasteiger partial charge on any atom is -0.450 e. The summed E-state index contributed by atoms with van der Waals surface area (Å²) in [5.74, 6) is -0.319. The maximum Gasteiger partial charge on any atom is 0.312 e. The summed E-state index contributed by atoms with van der Waals surface area (Å²) in [5, 5.41) is 11.5. The van der Waals surface area contributed by atoms with Crippen LogP contribution >= 0.6 is 0 Å². The van der Waals surface area contributed by atoms with Crippen molar-refractivity contribution in [2.75, 3.05) is 33.2 Å². The summed E-state index contributed by atoms with van der Waals surface area (Å²) >= 11 is 0. The van der Waals surface area contributed by atoms with Gasteiger partial charge in [-0.15, -0.1) is 0 Å². The Morgan fingerprint density at radius 1 is 1.11 bits per heavy atom. The molecule has 1 saturated heterocycles. The van der Waals surface area contributed by atoms with Gasteiger partial charge in [0.2, 0.25) is 15.8 Å². The number of sulfonamides is 1. The molecule has 0 N–H and O–H groups in total. The molecule has 1 heterocycles. The summed E-state index contributed by atoms with van der Waals surface area (Å²) in [4.78, 5) is 12.6. The summed E-state index contributed by atoms with van der Waals surface area (Å²) in [6.07, 6.45) is 0. The summed E-state index contributed by atoms with van der Waals surface area (Å²) in [7, 11) is -1.95. The SMILES string of the molecule is Cc1cc(Oc2ccc(S(=O)(=O)N3CCN(C)CC3)cc2[N+](=O)[O-])ccc1F. The monoisotopic (exact) mass is 409 g/mol. The molecule has 0 spiro atoms. The molecule has 2 aromatic rings. The summed E-state index contributed by atoms with van der Waals surface area (Å²) in [6, 6.07) is 7.49. The Balaban J connectivity index is 1.92. The third-order valence-electron chi connectivity index (χ3n) is 4.58. The van der Waals surface area contributed by atoms with Crippen LogP contribution in [0.25, 0.3) is 0 Å². The Morgan fingerprint density at radius 2 is 1.79 bits per heavy atom. The van der Waals surface area contributed by atoms with Gasteiger partial charge in [0.25, 0.3) is 0 Å². The first-order chi connectivity index (χ1) is 13.2. The van der Waals surface area contributed by atoms with Crippen LogP contribution in [-0.2, 0) is 10.0 Å². The minimum atomic E-state index is -3.85. The molecule has 150 valence electrons. The zero-order chi connectivity index (χ0) is 20.5. The average Bonchev–Trinajstić information content (AvgIpc) is 2.65. The van der Waals surface area contributed by atoms with Crippen molar-refractivity contribution in [3.8, 4) is 11.5 Å². The summed E-state index contributed by atoms with van der Waals surface area (Å²) < 4.78 is 45.9. The number of nitrogens with zero attached hydrogens (tertiary/aromatic N) is 3. The predicted molar refractivity (Wildman–Crippen MR) is 101 cm³/mol. The second kappa shape index (κ2) is 7.82. The van der Waals surface area contributed by atoms with E-state index in [0.717, 1.165) is 6.07 Å². The smallest absolute Gasteiger partial charge is 0.312 e.